The van der Waals surface area contributed by atoms with E-state index in [2.05, 4.69) is 10.6 Å². The molecular weight excluding hydrogens is 486 g/mol. The Kier molecular flexibility index (Phi) is 9.10. The zero-order valence-electron chi connectivity index (χ0n) is 22.3. The fourth-order valence-electron chi connectivity index (χ4n) is 3.95. The predicted molar refractivity (Wildman–Crippen MR) is 148 cm³/mol. The van der Waals surface area contributed by atoms with Gasteiger partial charge in [-0.1, -0.05) is 42.8 Å². The molecule has 0 aliphatic rings. The number of nitrogens with zero attached hydrogens (tertiary/aromatic N) is 1. The molecule has 3 amide bonds. The number of rotatable bonds is 10. The van der Waals surface area contributed by atoms with Gasteiger partial charge in [-0.3, -0.25) is 19.3 Å². The third-order valence-electron chi connectivity index (χ3n) is 6.29. The SMILES string of the molecule is CCC(C)(C)NC(=O)C(c1cccc(OC)c1)N(C(=O)CNC(=O)c1cccs1)c1ccc(C)cc1C. The van der Waals surface area contributed by atoms with Gasteiger partial charge in [-0.25, -0.2) is 0 Å². The fourth-order valence-corrected chi connectivity index (χ4v) is 4.59. The van der Waals surface area contributed by atoms with Crippen LogP contribution < -0.4 is 20.3 Å². The Bertz CT molecular complexity index is 1250. The number of amides is 3. The van der Waals surface area contributed by atoms with Crippen molar-refractivity contribution in [2.45, 2.75) is 52.6 Å². The first-order chi connectivity index (χ1) is 17.6. The number of anilines is 1. The lowest BCUT2D eigenvalue weighted by molar-refractivity contribution is -0.127. The molecule has 0 aliphatic heterocycles. The molecule has 8 heteroatoms. The Morgan fingerprint density at radius 2 is 1.81 bits per heavy atom. The molecule has 196 valence electrons. The molecule has 0 saturated carbocycles. The molecule has 0 spiro atoms. The van der Waals surface area contributed by atoms with E-state index in [1.165, 1.54) is 16.2 Å². The topological polar surface area (TPSA) is 87.7 Å². The fraction of sp³-hybridized carbons (Fsp3) is 0.345. The number of hydrogen-bond acceptors (Lipinski definition) is 5. The van der Waals surface area contributed by atoms with Crippen LogP contribution in [0.1, 0.15) is 59.6 Å². The van der Waals surface area contributed by atoms with Crippen LogP contribution in [0.15, 0.2) is 60.0 Å². The molecule has 37 heavy (non-hydrogen) atoms. The molecule has 0 fully saturated rings. The van der Waals surface area contributed by atoms with Crippen LogP contribution in [0, 0.1) is 13.8 Å². The summed E-state index contributed by atoms with van der Waals surface area (Å²) < 4.78 is 5.42. The molecule has 1 aromatic heterocycles. The first kappa shape index (κ1) is 27.9. The summed E-state index contributed by atoms with van der Waals surface area (Å²) in [5.74, 6) is -0.491. The molecular formula is C29H35N3O4S. The summed E-state index contributed by atoms with van der Waals surface area (Å²) in [7, 11) is 1.56. The van der Waals surface area contributed by atoms with E-state index in [0.717, 1.165) is 11.1 Å². The van der Waals surface area contributed by atoms with E-state index in [1.807, 2.05) is 52.8 Å². The quantitative estimate of drug-likeness (QED) is 0.385. The number of thiophene rings is 1. The molecule has 3 aromatic rings. The normalized spacial score (nSPS) is 11.9. The van der Waals surface area contributed by atoms with Gasteiger partial charge < -0.3 is 15.4 Å². The largest absolute Gasteiger partial charge is 0.497 e. The average Bonchev–Trinajstić information content (AvgIpc) is 3.41. The number of carbonyl (C=O) groups excluding carboxylic acids is 3. The first-order valence-corrected chi connectivity index (χ1v) is 13.1. The zero-order valence-corrected chi connectivity index (χ0v) is 23.1. The van der Waals surface area contributed by atoms with Crippen molar-refractivity contribution in [1.82, 2.24) is 10.6 Å². The number of aryl methyl sites for hydroxylation is 2. The second-order valence-corrected chi connectivity index (χ2v) is 10.6. The van der Waals surface area contributed by atoms with Gasteiger partial charge in [0.25, 0.3) is 5.91 Å². The molecule has 0 radical (unpaired) electrons. The van der Waals surface area contributed by atoms with Crippen molar-refractivity contribution in [3.05, 3.63) is 81.5 Å². The lowest BCUT2D eigenvalue weighted by Gasteiger charge is -2.35. The highest BCUT2D eigenvalue weighted by molar-refractivity contribution is 7.12. The number of benzene rings is 2. The number of hydrogen-bond donors (Lipinski definition) is 2. The minimum atomic E-state index is -0.992. The smallest absolute Gasteiger partial charge is 0.261 e. The lowest BCUT2D eigenvalue weighted by Crippen LogP contribution is -2.52. The maximum Gasteiger partial charge on any atom is 0.261 e. The van der Waals surface area contributed by atoms with Gasteiger partial charge in [0.15, 0.2) is 0 Å². The lowest BCUT2D eigenvalue weighted by atomic mass is 9.97. The minimum absolute atomic E-state index is 0.269. The Labute approximate surface area is 222 Å². The van der Waals surface area contributed by atoms with Crippen LogP contribution in [0.3, 0.4) is 0 Å². The van der Waals surface area contributed by atoms with Gasteiger partial charge in [-0.15, -0.1) is 11.3 Å². The monoisotopic (exact) mass is 521 g/mol. The molecule has 0 saturated heterocycles. The Morgan fingerprint density at radius 1 is 1.05 bits per heavy atom. The van der Waals surface area contributed by atoms with E-state index < -0.39 is 17.5 Å². The van der Waals surface area contributed by atoms with Crippen LogP contribution in [0.5, 0.6) is 5.75 Å². The van der Waals surface area contributed by atoms with E-state index >= 15 is 0 Å². The van der Waals surface area contributed by atoms with Gasteiger partial charge in [0.05, 0.1) is 18.5 Å². The van der Waals surface area contributed by atoms with Gasteiger partial charge in [0, 0.05) is 11.2 Å². The molecule has 0 bridgehead atoms. The van der Waals surface area contributed by atoms with Crippen molar-refractivity contribution in [1.29, 1.82) is 0 Å². The van der Waals surface area contributed by atoms with Crippen LogP contribution in [0.4, 0.5) is 5.69 Å². The van der Waals surface area contributed by atoms with Gasteiger partial charge >= 0.3 is 0 Å². The highest BCUT2D eigenvalue weighted by atomic mass is 32.1. The summed E-state index contributed by atoms with van der Waals surface area (Å²) in [5, 5.41) is 7.63. The van der Waals surface area contributed by atoms with E-state index in [0.29, 0.717) is 28.3 Å². The summed E-state index contributed by atoms with van der Waals surface area (Å²) in [6.45, 7) is 9.49. The van der Waals surface area contributed by atoms with Crippen molar-refractivity contribution < 1.29 is 19.1 Å². The van der Waals surface area contributed by atoms with Crippen molar-refractivity contribution in [2.75, 3.05) is 18.6 Å². The molecule has 0 aliphatic carbocycles. The molecule has 2 N–H and O–H groups in total. The second-order valence-electron chi connectivity index (χ2n) is 9.62. The summed E-state index contributed by atoms with van der Waals surface area (Å²) in [6, 6.07) is 15.4. The van der Waals surface area contributed by atoms with E-state index in [1.54, 1.807) is 48.9 Å². The standard InChI is InChI=1S/C29H35N3O4S/c1-7-29(4,5)31-28(35)26(21-10-8-11-22(17-21)36-6)32(23-14-13-19(2)16-20(23)3)25(33)18-30-27(34)24-12-9-15-37-24/h8-17,26H,7,18H2,1-6H3,(H,30,34)(H,31,35). The van der Waals surface area contributed by atoms with Crippen molar-refractivity contribution in [2.24, 2.45) is 0 Å². The summed E-state index contributed by atoms with van der Waals surface area (Å²) >= 11 is 1.30. The molecule has 7 nitrogen and oxygen atoms in total. The van der Waals surface area contributed by atoms with Gasteiger partial charge in [0.2, 0.25) is 11.8 Å². The van der Waals surface area contributed by atoms with Crippen molar-refractivity contribution in [3.8, 4) is 5.75 Å². The maximum atomic E-state index is 13.9. The number of ether oxygens (including phenoxy) is 1. The Morgan fingerprint density at radius 3 is 2.43 bits per heavy atom. The number of carbonyl (C=O) groups is 3. The van der Waals surface area contributed by atoms with Gasteiger partial charge in [0.1, 0.15) is 11.8 Å². The maximum absolute atomic E-state index is 13.9. The average molecular weight is 522 g/mol. The predicted octanol–water partition coefficient (Wildman–Crippen LogP) is 5.18. The molecule has 1 unspecified atom stereocenters. The molecule has 1 atom stereocenters. The molecule has 1 heterocycles. The van der Waals surface area contributed by atoms with Gasteiger partial charge in [-0.2, -0.15) is 0 Å². The van der Waals surface area contributed by atoms with Crippen LogP contribution >= 0.6 is 11.3 Å². The van der Waals surface area contributed by atoms with Crippen LogP contribution in [0.25, 0.3) is 0 Å². The van der Waals surface area contributed by atoms with Crippen LogP contribution in [-0.2, 0) is 9.59 Å². The summed E-state index contributed by atoms with van der Waals surface area (Å²) in [4.78, 5) is 42.4. The number of nitrogens with one attached hydrogen (secondary N) is 2. The third-order valence-corrected chi connectivity index (χ3v) is 7.16. The van der Waals surface area contributed by atoms with Gasteiger partial charge in [-0.05, 0) is 74.9 Å². The van der Waals surface area contributed by atoms with Crippen molar-refractivity contribution >= 4 is 34.7 Å². The Hall–Kier alpha value is -3.65. The van der Waals surface area contributed by atoms with Crippen molar-refractivity contribution in [3.63, 3.8) is 0 Å². The van der Waals surface area contributed by atoms with Crippen LogP contribution in [0.2, 0.25) is 0 Å². The first-order valence-electron chi connectivity index (χ1n) is 12.2. The zero-order chi connectivity index (χ0) is 27.2. The summed E-state index contributed by atoms with van der Waals surface area (Å²) in [6.07, 6.45) is 0.706. The van der Waals surface area contributed by atoms with E-state index in [4.69, 9.17) is 4.74 Å². The second kappa shape index (κ2) is 12.1. The highest BCUT2D eigenvalue weighted by Gasteiger charge is 2.36. The van der Waals surface area contributed by atoms with Crippen LogP contribution in [-0.4, -0.2) is 36.9 Å². The van der Waals surface area contributed by atoms with E-state index in [-0.39, 0.29) is 18.4 Å². The molecule has 2 aromatic carbocycles. The molecule has 3 rings (SSSR count). The Balaban J connectivity index is 2.10. The van der Waals surface area contributed by atoms with E-state index in [9.17, 15) is 14.4 Å². The minimum Gasteiger partial charge on any atom is -0.497 e. The third kappa shape index (κ3) is 6.98. The highest BCUT2D eigenvalue weighted by Crippen LogP contribution is 2.33. The summed E-state index contributed by atoms with van der Waals surface area (Å²) in [5.41, 5.74) is 2.58. The number of methoxy groups -OCH3 is 1.